The maximum Gasteiger partial charge on any atom is 0.371 e. The van der Waals surface area contributed by atoms with Crippen LogP contribution in [0.15, 0.2) is 32.5 Å². The molecular weight excluding hydrogens is 234 g/mol. The zero-order valence-corrected chi connectivity index (χ0v) is 9.18. The van der Waals surface area contributed by atoms with Crippen molar-refractivity contribution in [1.29, 1.82) is 0 Å². The Labute approximate surface area is 94.0 Å². The molecule has 0 fully saturated rings. The smallest absolute Gasteiger partial charge is 0.371 e. The summed E-state index contributed by atoms with van der Waals surface area (Å²) in [4.78, 5) is 14.6. The quantitative estimate of drug-likeness (QED) is 0.834. The van der Waals surface area contributed by atoms with Crippen LogP contribution in [-0.4, -0.2) is 16.1 Å². The SMILES string of the molecule is O=C(O)c1ccc(CSc2nccs2)o1. The van der Waals surface area contributed by atoms with E-state index in [4.69, 9.17) is 9.52 Å². The van der Waals surface area contributed by atoms with E-state index in [9.17, 15) is 4.79 Å². The molecule has 0 saturated carbocycles. The van der Waals surface area contributed by atoms with Crippen molar-refractivity contribution in [3.63, 3.8) is 0 Å². The van der Waals surface area contributed by atoms with Crippen LogP contribution in [0.3, 0.4) is 0 Å². The summed E-state index contributed by atoms with van der Waals surface area (Å²) < 4.78 is 6.05. The summed E-state index contributed by atoms with van der Waals surface area (Å²) in [6.45, 7) is 0. The highest BCUT2D eigenvalue weighted by Crippen LogP contribution is 2.25. The van der Waals surface area contributed by atoms with Gasteiger partial charge in [-0.05, 0) is 12.1 Å². The predicted molar refractivity (Wildman–Crippen MR) is 57.3 cm³/mol. The molecule has 2 heterocycles. The Balaban J connectivity index is 1.96. The summed E-state index contributed by atoms with van der Waals surface area (Å²) in [5.41, 5.74) is 0. The third kappa shape index (κ3) is 2.60. The van der Waals surface area contributed by atoms with Crippen LogP contribution in [0.1, 0.15) is 16.3 Å². The van der Waals surface area contributed by atoms with Crippen LogP contribution in [0.25, 0.3) is 0 Å². The van der Waals surface area contributed by atoms with E-state index in [0.717, 1.165) is 4.34 Å². The van der Waals surface area contributed by atoms with Crippen molar-refractivity contribution in [2.45, 2.75) is 10.1 Å². The van der Waals surface area contributed by atoms with Crippen molar-refractivity contribution >= 4 is 29.1 Å². The number of hydrogen-bond acceptors (Lipinski definition) is 5. The first-order chi connectivity index (χ1) is 7.25. The number of aromatic carboxylic acids is 1. The molecule has 0 bridgehead atoms. The average molecular weight is 241 g/mol. The van der Waals surface area contributed by atoms with E-state index in [1.807, 2.05) is 5.38 Å². The Morgan fingerprint density at radius 3 is 3.07 bits per heavy atom. The topological polar surface area (TPSA) is 63.3 Å². The molecule has 0 spiro atoms. The molecule has 0 aliphatic heterocycles. The van der Waals surface area contributed by atoms with Gasteiger partial charge in [0.2, 0.25) is 5.76 Å². The lowest BCUT2D eigenvalue weighted by molar-refractivity contribution is 0.0661. The Morgan fingerprint density at radius 2 is 2.47 bits per heavy atom. The van der Waals surface area contributed by atoms with Gasteiger partial charge in [0.25, 0.3) is 0 Å². The summed E-state index contributed by atoms with van der Waals surface area (Å²) in [5.74, 6) is 0.179. The molecule has 1 N–H and O–H groups in total. The van der Waals surface area contributed by atoms with Gasteiger partial charge in [0.1, 0.15) is 10.1 Å². The summed E-state index contributed by atoms with van der Waals surface area (Å²) in [7, 11) is 0. The van der Waals surface area contributed by atoms with E-state index in [1.54, 1.807) is 23.6 Å². The minimum absolute atomic E-state index is 0.0234. The number of thioether (sulfide) groups is 1. The minimum Gasteiger partial charge on any atom is -0.475 e. The van der Waals surface area contributed by atoms with Crippen LogP contribution in [0.5, 0.6) is 0 Å². The van der Waals surface area contributed by atoms with Gasteiger partial charge in [-0.15, -0.1) is 11.3 Å². The van der Waals surface area contributed by atoms with E-state index < -0.39 is 5.97 Å². The molecule has 0 aliphatic rings. The normalized spacial score (nSPS) is 10.4. The molecule has 0 amide bonds. The number of aromatic nitrogens is 1. The van der Waals surface area contributed by atoms with Crippen molar-refractivity contribution in [1.82, 2.24) is 4.98 Å². The van der Waals surface area contributed by atoms with Gasteiger partial charge in [0.05, 0.1) is 5.75 Å². The molecule has 0 aliphatic carbocycles. The van der Waals surface area contributed by atoms with Crippen molar-refractivity contribution in [3.8, 4) is 0 Å². The molecule has 2 rings (SSSR count). The van der Waals surface area contributed by atoms with Gasteiger partial charge in [-0.2, -0.15) is 0 Å². The number of carbonyl (C=O) groups is 1. The second-order valence-electron chi connectivity index (χ2n) is 2.66. The molecule has 0 unspecified atom stereocenters. The van der Waals surface area contributed by atoms with E-state index in [-0.39, 0.29) is 5.76 Å². The Bertz CT molecular complexity index is 450. The Hall–Kier alpha value is -1.27. The van der Waals surface area contributed by atoms with Crippen LogP contribution in [0.2, 0.25) is 0 Å². The fraction of sp³-hybridized carbons (Fsp3) is 0.111. The second kappa shape index (κ2) is 4.50. The molecule has 6 heteroatoms. The molecule has 15 heavy (non-hydrogen) atoms. The van der Waals surface area contributed by atoms with Crippen LogP contribution >= 0.6 is 23.1 Å². The van der Waals surface area contributed by atoms with E-state index >= 15 is 0 Å². The lowest BCUT2D eigenvalue weighted by Gasteiger charge is -1.93. The van der Waals surface area contributed by atoms with Gasteiger partial charge in [-0.3, -0.25) is 0 Å². The molecule has 78 valence electrons. The lowest BCUT2D eigenvalue weighted by Crippen LogP contribution is -1.91. The minimum atomic E-state index is -1.04. The maximum absolute atomic E-state index is 10.5. The van der Waals surface area contributed by atoms with Crippen molar-refractivity contribution in [3.05, 3.63) is 35.2 Å². The summed E-state index contributed by atoms with van der Waals surface area (Å²) in [6, 6.07) is 3.13. The van der Waals surface area contributed by atoms with Gasteiger partial charge in [0, 0.05) is 11.6 Å². The first-order valence-electron chi connectivity index (χ1n) is 4.10. The molecule has 0 aromatic carbocycles. The van der Waals surface area contributed by atoms with Crippen molar-refractivity contribution in [2.75, 3.05) is 0 Å². The number of rotatable bonds is 4. The zero-order valence-electron chi connectivity index (χ0n) is 7.54. The van der Waals surface area contributed by atoms with Crippen LogP contribution in [0.4, 0.5) is 0 Å². The third-order valence-electron chi connectivity index (χ3n) is 1.62. The first kappa shape index (κ1) is 10.3. The molecule has 2 aromatic rings. The van der Waals surface area contributed by atoms with E-state index in [1.165, 1.54) is 17.8 Å². The van der Waals surface area contributed by atoms with Crippen LogP contribution < -0.4 is 0 Å². The second-order valence-corrected chi connectivity index (χ2v) is 4.77. The predicted octanol–water partition coefficient (Wildman–Crippen LogP) is 2.73. The highest BCUT2D eigenvalue weighted by molar-refractivity contribution is 8.00. The van der Waals surface area contributed by atoms with Gasteiger partial charge < -0.3 is 9.52 Å². The molecule has 0 atom stereocenters. The number of carboxylic acids is 1. The van der Waals surface area contributed by atoms with Gasteiger partial charge in [-0.1, -0.05) is 11.8 Å². The zero-order chi connectivity index (χ0) is 10.7. The summed E-state index contributed by atoms with van der Waals surface area (Å²) >= 11 is 3.08. The standard InChI is InChI=1S/C9H7NO3S2/c11-8(12)7-2-1-6(13-7)5-15-9-10-3-4-14-9/h1-4H,5H2,(H,11,12). The van der Waals surface area contributed by atoms with E-state index in [2.05, 4.69) is 4.98 Å². The first-order valence-corrected chi connectivity index (χ1v) is 5.96. The van der Waals surface area contributed by atoms with Crippen LogP contribution in [-0.2, 0) is 5.75 Å². The highest BCUT2D eigenvalue weighted by atomic mass is 32.2. The fourth-order valence-electron chi connectivity index (χ4n) is 0.985. The van der Waals surface area contributed by atoms with Gasteiger partial charge >= 0.3 is 5.97 Å². The van der Waals surface area contributed by atoms with Gasteiger partial charge in [0.15, 0.2) is 0 Å². The van der Waals surface area contributed by atoms with Crippen molar-refractivity contribution in [2.24, 2.45) is 0 Å². The molecular formula is C9H7NO3S2. The molecule has 2 aromatic heterocycles. The number of thiazole rings is 1. The number of carboxylic acid groups (broad SMARTS) is 1. The molecule has 4 nitrogen and oxygen atoms in total. The fourth-order valence-corrected chi connectivity index (χ4v) is 2.52. The van der Waals surface area contributed by atoms with E-state index in [0.29, 0.717) is 11.5 Å². The Morgan fingerprint density at radius 1 is 1.60 bits per heavy atom. The Kier molecular flexibility index (Phi) is 3.08. The van der Waals surface area contributed by atoms with Crippen LogP contribution in [0, 0.1) is 0 Å². The summed E-state index contributed by atoms with van der Waals surface area (Å²) in [6.07, 6.45) is 1.73. The maximum atomic E-state index is 10.5. The largest absolute Gasteiger partial charge is 0.475 e. The lowest BCUT2D eigenvalue weighted by atomic mass is 10.4. The van der Waals surface area contributed by atoms with Gasteiger partial charge in [-0.25, -0.2) is 9.78 Å². The monoisotopic (exact) mass is 241 g/mol. The molecule has 0 saturated heterocycles. The number of nitrogens with zero attached hydrogens (tertiary/aromatic N) is 1. The third-order valence-corrected chi connectivity index (χ3v) is 3.61. The van der Waals surface area contributed by atoms with Crippen molar-refractivity contribution < 1.29 is 14.3 Å². The average Bonchev–Trinajstić information content (AvgIpc) is 2.86. The highest BCUT2D eigenvalue weighted by Gasteiger charge is 2.09. The summed E-state index contributed by atoms with van der Waals surface area (Å²) in [5, 5.41) is 10.5. The number of hydrogen-bond donors (Lipinski definition) is 1. The number of furan rings is 1. The molecule has 0 radical (unpaired) electrons.